The summed E-state index contributed by atoms with van der Waals surface area (Å²) < 4.78 is 0. The van der Waals surface area contributed by atoms with Crippen molar-refractivity contribution in [2.24, 2.45) is 10.8 Å². The van der Waals surface area contributed by atoms with Crippen LogP contribution in [-0.4, -0.2) is 29.4 Å². The van der Waals surface area contributed by atoms with Gasteiger partial charge in [0.15, 0.2) is 17.3 Å². The van der Waals surface area contributed by atoms with Crippen LogP contribution in [0.15, 0.2) is 78.9 Å². The number of ketones is 3. The third-order valence-corrected chi connectivity index (χ3v) is 8.20. The van der Waals surface area contributed by atoms with E-state index in [0.29, 0.717) is 16.1 Å². The smallest absolute Gasteiger partial charge is 0.180 e. The van der Waals surface area contributed by atoms with Crippen LogP contribution in [0.4, 0.5) is 5.69 Å². The Kier molecular flexibility index (Phi) is 4.94. The quantitative estimate of drug-likeness (QED) is 0.386. The maximum absolute atomic E-state index is 14.4. The summed E-state index contributed by atoms with van der Waals surface area (Å²) in [6.07, 6.45) is 3.92. The van der Waals surface area contributed by atoms with Crippen molar-refractivity contribution >= 4 is 40.7 Å². The molecule has 1 fully saturated rings. The molecule has 0 amide bonds. The number of halogens is 1. The third kappa shape index (κ3) is 2.91. The molecule has 0 aromatic heterocycles. The van der Waals surface area contributed by atoms with Gasteiger partial charge in [0, 0.05) is 33.2 Å². The van der Waals surface area contributed by atoms with E-state index in [0.717, 1.165) is 16.8 Å². The fourth-order valence-electron chi connectivity index (χ4n) is 6.40. The van der Waals surface area contributed by atoms with Crippen LogP contribution < -0.4 is 4.90 Å². The first-order chi connectivity index (χ1) is 17.2. The fraction of sp³-hybridized carbons (Fsp3) is 0.258. The molecule has 3 aliphatic rings. The predicted octanol–water partition coefficient (Wildman–Crippen LogP) is 6.39. The van der Waals surface area contributed by atoms with E-state index >= 15 is 0 Å². The molecule has 2 aliphatic heterocycles. The molecule has 2 heterocycles. The minimum Gasteiger partial charge on any atom is -0.352 e. The monoisotopic (exact) mass is 495 g/mol. The van der Waals surface area contributed by atoms with Crippen molar-refractivity contribution in [3.63, 3.8) is 0 Å². The number of carbonyl (C=O) groups excluding carboxylic acids is 3. The second-order valence-electron chi connectivity index (χ2n) is 10.9. The van der Waals surface area contributed by atoms with Gasteiger partial charge in [0.05, 0.1) is 12.1 Å². The fourth-order valence-corrected chi connectivity index (χ4v) is 6.53. The van der Waals surface area contributed by atoms with Crippen LogP contribution in [0.3, 0.4) is 0 Å². The Bertz CT molecular complexity index is 1430. The van der Waals surface area contributed by atoms with Gasteiger partial charge < -0.3 is 4.90 Å². The van der Waals surface area contributed by atoms with Crippen LogP contribution >= 0.6 is 11.6 Å². The number of anilines is 1. The summed E-state index contributed by atoms with van der Waals surface area (Å²) in [5.41, 5.74) is 1.28. The molecule has 4 nitrogen and oxygen atoms in total. The maximum atomic E-state index is 14.4. The van der Waals surface area contributed by atoms with Crippen molar-refractivity contribution in [2.75, 3.05) is 4.90 Å². The zero-order valence-corrected chi connectivity index (χ0v) is 21.1. The molecular formula is C31H26ClNO3. The molecule has 3 aromatic carbocycles. The summed E-state index contributed by atoms with van der Waals surface area (Å²) in [6.45, 7) is 5.69. The highest BCUT2D eigenvalue weighted by Gasteiger charge is 2.71. The molecule has 0 saturated carbocycles. The van der Waals surface area contributed by atoms with E-state index in [1.807, 2.05) is 74.2 Å². The predicted molar refractivity (Wildman–Crippen MR) is 142 cm³/mol. The minimum atomic E-state index is -1.47. The molecule has 5 heteroatoms. The SMILES string of the molecule is CC(C)(C)C(=O)[C@H]1[C@H](c2ccc(Cl)cc2)C2(C(=O)c3ccccc3C2=O)[C@H]2C=Cc3ccccc3N12. The van der Waals surface area contributed by atoms with Crippen LogP contribution in [0.25, 0.3) is 6.08 Å². The lowest BCUT2D eigenvalue weighted by atomic mass is 9.63. The lowest BCUT2D eigenvalue weighted by Crippen LogP contribution is -2.49. The summed E-state index contributed by atoms with van der Waals surface area (Å²) in [6, 6.07) is 20.8. The van der Waals surface area contributed by atoms with Crippen LogP contribution in [-0.2, 0) is 4.79 Å². The zero-order chi connectivity index (χ0) is 25.4. The summed E-state index contributed by atoms with van der Waals surface area (Å²) in [4.78, 5) is 45.2. The van der Waals surface area contributed by atoms with Gasteiger partial charge in [-0.25, -0.2) is 0 Å². The molecule has 0 bridgehead atoms. The van der Waals surface area contributed by atoms with Gasteiger partial charge >= 0.3 is 0 Å². The largest absolute Gasteiger partial charge is 0.352 e. The number of carbonyl (C=O) groups is 3. The molecule has 3 atom stereocenters. The lowest BCUT2D eigenvalue weighted by Gasteiger charge is -2.38. The lowest BCUT2D eigenvalue weighted by molar-refractivity contribution is -0.127. The second-order valence-corrected chi connectivity index (χ2v) is 11.4. The summed E-state index contributed by atoms with van der Waals surface area (Å²) in [5, 5.41) is 0.555. The van der Waals surface area contributed by atoms with E-state index in [1.165, 1.54) is 0 Å². The van der Waals surface area contributed by atoms with Crippen molar-refractivity contribution in [1.29, 1.82) is 0 Å². The van der Waals surface area contributed by atoms with Crippen molar-refractivity contribution in [2.45, 2.75) is 38.8 Å². The molecule has 3 aromatic rings. The van der Waals surface area contributed by atoms with Gasteiger partial charge in [0.1, 0.15) is 5.41 Å². The van der Waals surface area contributed by atoms with Gasteiger partial charge in [-0.3, -0.25) is 14.4 Å². The normalized spacial score (nSPS) is 23.6. The molecule has 1 aliphatic carbocycles. The molecule has 6 rings (SSSR count). The molecule has 1 spiro atoms. The Balaban J connectivity index is 1.70. The van der Waals surface area contributed by atoms with E-state index in [9.17, 15) is 14.4 Å². The van der Waals surface area contributed by atoms with E-state index in [-0.39, 0.29) is 17.3 Å². The number of benzene rings is 3. The van der Waals surface area contributed by atoms with Crippen molar-refractivity contribution in [3.05, 3.63) is 106 Å². The number of hydrogen-bond donors (Lipinski definition) is 0. The van der Waals surface area contributed by atoms with E-state index in [4.69, 9.17) is 11.6 Å². The second kappa shape index (κ2) is 7.75. The Morgan fingerprint density at radius 1 is 0.861 bits per heavy atom. The molecule has 1 saturated heterocycles. The number of rotatable bonds is 2. The van der Waals surface area contributed by atoms with Gasteiger partial charge in [-0.05, 0) is 29.3 Å². The van der Waals surface area contributed by atoms with E-state index < -0.39 is 28.8 Å². The molecule has 0 unspecified atom stereocenters. The molecule has 36 heavy (non-hydrogen) atoms. The minimum absolute atomic E-state index is 0.00835. The Morgan fingerprint density at radius 3 is 2.06 bits per heavy atom. The van der Waals surface area contributed by atoms with E-state index in [1.54, 1.807) is 36.4 Å². The summed E-state index contributed by atoms with van der Waals surface area (Å²) >= 11 is 6.24. The standard InChI is InChI=1S/C31H26ClNO3/c1-30(2,3)29(36)26-25(19-12-15-20(32)16-13-19)31(27(34)21-9-5-6-10-22(21)28(31)35)24-17-14-18-8-4-7-11-23(18)33(24)26/h4-17,24-26H,1-3H3/t24-,25+,26-/m1/s1. The topological polar surface area (TPSA) is 54.5 Å². The summed E-state index contributed by atoms with van der Waals surface area (Å²) in [7, 11) is 0. The summed E-state index contributed by atoms with van der Waals surface area (Å²) in [5.74, 6) is -1.13. The number of para-hydroxylation sites is 1. The van der Waals surface area contributed by atoms with Crippen LogP contribution in [0, 0.1) is 10.8 Å². The maximum Gasteiger partial charge on any atom is 0.180 e. The van der Waals surface area contributed by atoms with Gasteiger partial charge in [-0.15, -0.1) is 0 Å². The first-order valence-electron chi connectivity index (χ1n) is 12.2. The average molecular weight is 496 g/mol. The van der Waals surface area contributed by atoms with Crippen molar-refractivity contribution in [1.82, 2.24) is 0 Å². The van der Waals surface area contributed by atoms with Crippen molar-refractivity contribution < 1.29 is 14.4 Å². The zero-order valence-electron chi connectivity index (χ0n) is 20.4. The Morgan fingerprint density at radius 2 is 1.44 bits per heavy atom. The Labute approximate surface area is 215 Å². The average Bonchev–Trinajstić information content (AvgIpc) is 3.30. The highest BCUT2D eigenvalue weighted by molar-refractivity contribution is 6.32. The molecule has 180 valence electrons. The van der Waals surface area contributed by atoms with Crippen LogP contribution in [0.1, 0.15) is 58.5 Å². The number of nitrogens with zero attached hydrogens (tertiary/aromatic N) is 1. The van der Waals surface area contributed by atoms with E-state index in [2.05, 4.69) is 0 Å². The number of hydrogen-bond acceptors (Lipinski definition) is 4. The van der Waals surface area contributed by atoms with Crippen molar-refractivity contribution in [3.8, 4) is 0 Å². The molecule has 0 radical (unpaired) electrons. The molecular weight excluding hydrogens is 470 g/mol. The highest BCUT2D eigenvalue weighted by Crippen LogP contribution is 2.61. The number of fused-ring (bicyclic) bond motifs is 5. The van der Waals surface area contributed by atoms with Gasteiger partial charge in [0.25, 0.3) is 0 Å². The van der Waals surface area contributed by atoms with Crippen LogP contribution in [0.5, 0.6) is 0 Å². The first-order valence-corrected chi connectivity index (χ1v) is 12.6. The first kappa shape index (κ1) is 22.9. The third-order valence-electron chi connectivity index (χ3n) is 7.95. The van der Waals surface area contributed by atoms with Gasteiger partial charge in [0.2, 0.25) is 0 Å². The van der Waals surface area contributed by atoms with Crippen LogP contribution in [0.2, 0.25) is 5.02 Å². The molecule has 0 N–H and O–H groups in total. The highest BCUT2D eigenvalue weighted by atomic mass is 35.5. The number of Topliss-reactive ketones (excluding diaryl/α,β-unsaturated/α-hetero) is 3. The van der Waals surface area contributed by atoms with Gasteiger partial charge in [-0.2, -0.15) is 0 Å². The Hall–Kier alpha value is -3.50. The van der Waals surface area contributed by atoms with Gasteiger partial charge in [-0.1, -0.05) is 99.1 Å².